The van der Waals surface area contributed by atoms with Crippen LogP contribution < -0.4 is 4.90 Å². The molecule has 24 heavy (non-hydrogen) atoms. The minimum absolute atomic E-state index is 0.594. The molecule has 0 amide bonds. The van der Waals surface area contributed by atoms with E-state index in [1.807, 2.05) is 37.4 Å². The van der Waals surface area contributed by atoms with Gasteiger partial charge in [0.25, 0.3) is 0 Å². The van der Waals surface area contributed by atoms with E-state index in [0.29, 0.717) is 12.1 Å². The topological polar surface area (TPSA) is 31.9 Å². The van der Waals surface area contributed by atoms with E-state index in [0.717, 1.165) is 29.1 Å². The van der Waals surface area contributed by atoms with Gasteiger partial charge < -0.3 is 4.90 Å². The van der Waals surface area contributed by atoms with Crippen molar-refractivity contribution in [3.05, 3.63) is 71.9 Å². The first kappa shape index (κ1) is 16.1. The van der Waals surface area contributed by atoms with Crippen LogP contribution in [0.1, 0.15) is 11.1 Å². The van der Waals surface area contributed by atoms with Gasteiger partial charge in [0.2, 0.25) is 0 Å². The molecule has 2 aromatic carbocycles. The maximum Gasteiger partial charge on any atom is 0.416 e. The van der Waals surface area contributed by atoms with Gasteiger partial charge in [-0.1, -0.05) is 30.3 Å². The standard InChI is InChI=1S/C18H16F3N3/c1-24(16-5-3-2-4-6-16)12-14-11-22-23-17(14)13-7-9-15(10-8-13)18(19,20)21/h2-11H,12H2,1H3,(H,22,23). The molecule has 0 aliphatic heterocycles. The Morgan fingerprint density at radius 2 is 1.67 bits per heavy atom. The van der Waals surface area contributed by atoms with E-state index >= 15 is 0 Å². The maximum absolute atomic E-state index is 12.7. The number of alkyl halides is 3. The number of halogens is 3. The monoisotopic (exact) mass is 331 g/mol. The van der Waals surface area contributed by atoms with E-state index in [4.69, 9.17) is 0 Å². The second-order valence-corrected chi connectivity index (χ2v) is 5.54. The molecule has 0 unspecified atom stereocenters. The number of anilines is 1. The van der Waals surface area contributed by atoms with Crippen molar-refractivity contribution in [2.45, 2.75) is 12.7 Å². The van der Waals surface area contributed by atoms with E-state index in [1.165, 1.54) is 12.1 Å². The first-order valence-electron chi connectivity index (χ1n) is 7.41. The Bertz CT molecular complexity index is 792. The molecule has 6 heteroatoms. The van der Waals surface area contributed by atoms with Crippen molar-refractivity contribution < 1.29 is 13.2 Å². The van der Waals surface area contributed by atoms with Crippen LogP contribution in [0.4, 0.5) is 18.9 Å². The highest BCUT2D eigenvalue weighted by Gasteiger charge is 2.30. The largest absolute Gasteiger partial charge is 0.416 e. The number of hydrogen-bond donors (Lipinski definition) is 1. The van der Waals surface area contributed by atoms with E-state index in [2.05, 4.69) is 15.1 Å². The van der Waals surface area contributed by atoms with Gasteiger partial charge >= 0.3 is 6.18 Å². The maximum atomic E-state index is 12.7. The molecule has 0 aliphatic rings. The number of hydrogen-bond acceptors (Lipinski definition) is 2. The third-order valence-corrected chi connectivity index (χ3v) is 3.82. The Hall–Kier alpha value is -2.76. The lowest BCUT2D eigenvalue weighted by Crippen LogP contribution is -2.16. The van der Waals surface area contributed by atoms with Crippen LogP contribution in [0.15, 0.2) is 60.8 Å². The van der Waals surface area contributed by atoms with E-state index in [1.54, 1.807) is 6.20 Å². The van der Waals surface area contributed by atoms with Crippen molar-refractivity contribution >= 4 is 5.69 Å². The Morgan fingerprint density at radius 1 is 1.00 bits per heavy atom. The first-order chi connectivity index (χ1) is 11.4. The minimum Gasteiger partial charge on any atom is -0.370 e. The van der Waals surface area contributed by atoms with Gasteiger partial charge in [0.05, 0.1) is 17.5 Å². The lowest BCUT2D eigenvalue weighted by Gasteiger charge is -2.19. The molecule has 0 radical (unpaired) electrons. The number of aromatic amines is 1. The normalized spacial score (nSPS) is 11.5. The summed E-state index contributed by atoms with van der Waals surface area (Å²) < 4.78 is 38.0. The molecule has 3 aromatic rings. The second kappa shape index (κ2) is 6.39. The fourth-order valence-electron chi connectivity index (χ4n) is 2.54. The predicted molar refractivity (Wildman–Crippen MR) is 87.6 cm³/mol. The molecule has 124 valence electrons. The third-order valence-electron chi connectivity index (χ3n) is 3.82. The molecule has 1 aromatic heterocycles. The number of benzene rings is 2. The zero-order chi connectivity index (χ0) is 17.2. The highest BCUT2D eigenvalue weighted by atomic mass is 19.4. The Labute approximate surface area is 137 Å². The summed E-state index contributed by atoms with van der Waals surface area (Å²) >= 11 is 0. The summed E-state index contributed by atoms with van der Waals surface area (Å²) in [5.41, 5.74) is 2.72. The molecule has 1 heterocycles. The van der Waals surface area contributed by atoms with Crippen molar-refractivity contribution in [2.24, 2.45) is 0 Å². The van der Waals surface area contributed by atoms with Gasteiger partial charge in [-0.3, -0.25) is 5.10 Å². The fourth-order valence-corrected chi connectivity index (χ4v) is 2.54. The van der Waals surface area contributed by atoms with Crippen LogP contribution in [0.5, 0.6) is 0 Å². The molecule has 0 bridgehead atoms. The van der Waals surface area contributed by atoms with Crippen LogP contribution in [0.3, 0.4) is 0 Å². The van der Waals surface area contributed by atoms with Crippen molar-refractivity contribution in [3.8, 4) is 11.3 Å². The average Bonchev–Trinajstić information content (AvgIpc) is 3.03. The molecule has 3 rings (SSSR count). The molecule has 3 nitrogen and oxygen atoms in total. The molecule has 1 N–H and O–H groups in total. The molecule has 0 saturated carbocycles. The molecular weight excluding hydrogens is 315 g/mol. The van der Waals surface area contributed by atoms with E-state index in [9.17, 15) is 13.2 Å². The second-order valence-electron chi connectivity index (χ2n) is 5.54. The third kappa shape index (κ3) is 3.42. The van der Waals surface area contributed by atoms with Gasteiger partial charge in [0.15, 0.2) is 0 Å². The summed E-state index contributed by atoms with van der Waals surface area (Å²) in [5.74, 6) is 0. The lowest BCUT2D eigenvalue weighted by atomic mass is 10.1. The van der Waals surface area contributed by atoms with Crippen molar-refractivity contribution in [3.63, 3.8) is 0 Å². The highest BCUT2D eigenvalue weighted by Crippen LogP contribution is 2.31. The van der Waals surface area contributed by atoms with Gasteiger partial charge in [0, 0.05) is 24.8 Å². The molecular formula is C18H16F3N3. The van der Waals surface area contributed by atoms with Gasteiger partial charge in [-0.25, -0.2) is 0 Å². The summed E-state index contributed by atoms with van der Waals surface area (Å²) in [5, 5.41) is 6.92. The highest BCUT2D eigenvalue weighted by molar-refractivity contribution is 5.64. The molecule has 0 aliphatic carbocycles. The molecule has 0 spiro atoms. The van der Waals surface area contributed by atoms with Crippen LogP contribution in [0.2, 0.25) is 0 Å². The van der Waals surface area contributed by atoms with Crippen LogP contribution >= 0.6 is 0 Å². The minimum atomic E-state index is -4.33. The SMILES string of the molecule is CN(Cc1cn[nH]c1-c1ccc(C(F)(F)F)cc1)c1ccccc1. The zero-order valence-electron chi connectivity index (χ0n) is 13.0. The fraction of sp³-hybridized carbons (Fsp3) is 0.167. The van der Waals surface area contributed by atoms with Crippen molar-refractivity contribution in [2.75, 3.05) is 11.9 Å². The van der Waals surface area contributed by atoms with Crippen molar-refractivity contribution in [1.29, 1.82) is 0 Å². The molecule has 0 saturated heterocycles. The Balaban J connectivity index is 1.83. The first-order valence-corrected chi connectivity index (χ1v) is 7.41. The Morgan fingerprint density at radius 3 is 2.29 bits per heavy atom. The summed E-state index contributed by atoms with van der Waals surface area (Å²) in [6.45, 7) is 0.594. The van der Waals surface area contributed by atoms with Crippen LogP contribution in [0, 0.1) is 0 Å². The average molecular weight is 331 g/mol. The number of nitrogens with one attached hydrogen (secondary N) is 1. The molecule has 0 atom stereocenters. The predicted octanol–water partition coefficient (Wildman–Crippen LogP) is 4.73. The van der Waals surface area contributed by atoms with E-state index < -0.39 is 11.7 Å². The van der Waals surface area contributed by atoms with Gasteiger partial charge in [-0.15, -0.1) is 0 Å². The van der Waals surface area contributed by atoms with Gasteiger partial charge in [-0.2, -0.15) is 18.3 Å². The number of H-pyrrole nitrogens is 1. The van der Waals surface area contributed by atoms with Crippen LogP contribution in [-0.4, -0.2) is 17.2 Å². The number of aromatic nitrogens is 2. The molecule has 0 fully saturated rings. The van der Waals surface area contributed by atoms with Gasteiger partial charge in [0.1, 0.15) is 0 Å². The van der Waals surface area contributed by atoms with Crippen LogP contribution in [0.25, 0.3) is 11.3 Å². The smallest absolute Gasteiger partial charge is 0.370 e. The quantitative estimate of drug-likeness (QED) is 0.749. The van der Waals surface area contributed by atoms with Crippen LogP contribution in [-0.2, 0) is 12.7 Å². The van der Waals surface area contributed by atoms with Gasteiger partial charge in [-0.05, 0) is 29.8 Å². The number of para-hydroxylation sites is 1. The summed E-state index contributed by atoms with van der Waals surface area (Å²) in [7, 11) is 1.96. The number of nitrogens with zero attached hydrogens (tertiary/aromatic N) is 2. The summed E-state index contributed by atoms with van der Waals surface area (Å²) in [6, 6.07) is 14.9. The van der Waals surface area contributed by atoms with Crippen molar-refractivity contribution in [1.82, 2.24) is 10.2 Å². The summed E-state index contributed by atoms with van der Waals surface area (Å²) in [4.78, 5) is 2.05. The number of rotatable bonds is 4. The lowest BCUT2D eigenvalue weighted by molar-refractivity contribution is -0.137. The zero-order valence-corrected chi connectivity index (χ0v) is 13.0. The Kier molecular flexibility index (Phi) is 4.29. The summed E-state index contributed by atoms with van der Waals surface area (Å²) in [6.07, 6.45) is -2.63. The van der Waals surface area contributed by atoms with E-state index in [-0.39, 0.29) is 0 Å².